The Balaban J connectivity index is 1.65. The molecule has 0 saturated carbocycles. The molecule has 4 amide bonds. The van der Waals surface area contributed by atoms with Crippen molar-refractivity contribution >= 4 is 29.4 Å². The summed E-state index contributed by atoms with van der Waals surface area (Å²) in [5.41, 5.74) is 0. The number of carbonyl (C=O) groups is 5. The summed E-state index contributed by atoms with van der Waals surface area (Å²) >= 11 is 0. The lowest BCUT2D eigenvalue weighted by Gasteiger charge is -2.31. The topological polar surface area (TPSA) is 137 Å². The Hall–Kier alpha value is -2.49. The first kappa shape index (κ1) is 23.2. The van der Waals surface area contributed by atoms with Crippen LogP contribution in [0.25, 0.3) is 0 Å². The van der Waals surface area contributed by atoms with Gasteiger partial charge in [0.15, 0.2) is 5.78 Å². The van der Waals surface area contributed by atoms with Crippen LogP contribution in [0.1, 0.15) is 58.8 Å². The van der Waals surface area contributed by atoms with Crippen molar-refractivity contribution in [1.82, 2.24) is 20.9 Å². The number of Topliss-reactive ketones (excluding diaryl/α,β-unsaturated/α-hetero) is 1. The van der Waals surface area contributed by atoms with Gasteiger partial charge in [0, 0.05) is 13.0 Å². The molecule has 10 heteroatoms. The van der Waals surface area contributed by atoms with Gasteiger partial charge >= 0.3 is 0 Å². The molecule has 0 aliphatic carbocycles. The molecule has 3 aliphatic heterocycles. The van der Waals surface area contributed by atoms with Gasteiger partial charge in [-0.25, -0.2) is 0 Å². The monoisotopic (exact) mass is 436 g/mol. The molecule has 0 aromatic rings. The standard InChI is InChI=1S/C21H32N4O6/c1-12-18(27)22-13(2)19(28)24-14(7-4-3-5-9-16(26)17-11-31-17)21(30)25-10-6-8-15(25)20(29)23-12/h12-15,17H,3-11H2,1-2H3,(H,22,27)(H,23,29)(H,24,28)/t12-,13?,14-,15+,17-/m0/s1. The van der Waals surface area contributed by atoms with Crippen molar-refractivity contribution in [2.45, 2.75) is 89.1 Å². The molecule has 10 nitrogen and oxygen atoms in total. The quantitative estimate of drug-likeness (QED) is 0.360. The van der Waals surface area contributed by atoms with Crippen LogP contribution in [0.15, 0.2) is 0 Å². The van der Waals surface area contributed by atoms with Crippen LogP contribution in [0.5, 0.6) is 0 Å². The molecule has 3 rings (SSSR count). The number of fused-ring (bicyclic) bond motifs is 1. The molecule has 0 radical (unpaired) electrons. The minimum atomic E-state index is -0.841. The molecule has 0 spiro atoms. The molecule has 172 valence electrons. The summed E-state index contributed by atoms with van der Waals surface area (Å²) in [5.74, 6) is -1.41. The van der Waals surface area contributed by atoms with Gasteiger partial charge in [-0.05, 0) is 39.5 Å². The largest absolute Gasteiger partial charge is 0.365 e. The SMILES string of the molecule is CC1NC(=O)[C@H](C)NC(=O)[C@H]2CCCN2C(=O)[C@H](CCCCCC(=O)[C@@H]2CO2)NC1=O. The van der Waals surface area contributed by atoms with Crippen LogP contribution in [0.4, 0.5) is 0 Å². The number of nitrogens with one attached hydrogen (secondary N) is 3. The average Bonchev–Trinajstić information content (AvgIpc) is 3.47. The second-order valence-electron chi connectivity index (χ2n) is 8.60. The highest BCUT2D eigenvalue weighted by Crippen LogP contribution is 2.21. The highest BCUT2D eigenvalue weighted by atomic mass is 16.6. The molecule has 0 aromatic heterocycles. The lowest BCUT2D eigenvalue weighted by molar-refractivity contribution is -0.143. The van der Waals surface area contributed by atoms with Gasteiger partial charge in [0.05, 0.1) is 6.61 Å². The highest BCUT2D eigenvalue weighted by molar-refractivity contribution is 5.97. The second-order valence-corrected chi connectivity index (χ2v) is 8.60. The number of carbonyl (C=O) groups excluding carboxylic acids is 5. The molecule has 3 aliphatic rings. The van der Waals surface area contributed by atoms with Gasteiger partial charge in [0.2, 0.25) is 23.6 Å². The van der Waals surface area contributed by atoms with E-state index in [1.165, 1.54) is 4.90 Å². The Labute approximate surface area is 181 Å². The Morgan fingerprint density at radius 1 is 0.968 bits per heavy atom. The third-order valence-corrected chi connectivity index (χ3v) is 6.07. The zero-order chi connectivity index (χ0) is 22.5. The maximum absolute atomic E-state index is 13.2. The number of hydrogen-bond acceptors (Lipinski definition) is 6. The minimum Gasteiger partial charge on any atom is -0.365 e. The number of nitrogens with zero attached hydrogens (tertiary/aromatic N) is 1. The van der Waals surface area contributed by atoms with Crippen molar-refractivity contribution in [2.75, 3.05) is 13.2 Å². The number of ether oxygens (including phenoxy) is 1. The van der Waals surface area contributed by atoms with E-state index in [-0.39, 0.29) is 23.7 Å². The third-order valence-electron chi connectivity index (χ3n) is 6.07. The lowest BCUT2D eigenvalue weighted by Crippen LogP contribution is -2.60. The summed E-state index contributed by atoms with van der Waals surface area (Å²) in [4.78, 5) is 64.0. The zero-order valence-electron chi connectivity index (χ0n) is 18.1. The normalized spacial score (nSPS) is 31.7. The molecule has 3 fully saturated rings. The fourth-order valence-corrected chi connectivity index (χ4v) is 4.06. The van der Waals surface area contributed by atoms with Crippen LogP contribution >= 0.6 is 0 Å². The van der Waals surface area contributed by atoms with Crippen LogP contribution in [0, 0.1) is 0 Å². The van der Waals surface area contributed by atoms with Gasteiger partial charge in [-0.3, -0.25) is 24.0 Å². The fraction of sp³-hybridized carbons (Fsp3) is 0.762. The summed E-state index contributed by atoms with van der Waals surface area (Å²) < 4.78 is 4.98. The number of ketones is 1. The molecule has 3 N–H and O–H groups in total. The van der Waals surface area contributed by atoms with Gasteiger partial charge in [0.1, 0.15) is 30.3 Å². The summed E-state index contributed by atoms with van der Waals surface area (Å²) in [7, 11) is 0. The zero-order valence-corrected chi connectivity index (χ0v) is 18.1. The number of rotatable bonds is 7. The van der Waals surface area contributed by atoms with E-state index in [9.17, 15) is 24.0 Å². The van der Waals surface area contributed by atoms with Crippen molar-refractivity contribution in [1.29, 1.82) is 0 Å². The number of amides is 4. The first-order valence-electron chi connectivity index (χ1n) is 11.1. The van der Waals surface area contributed by atoms with E-state index in [0.29, 0.717) is 51.7 Å². The van der Waals surface area contributed by atoms with Crippen molar-refractivity contribution in [3.63, 3.8) is 0 Å². The molecule has 3 heterocycles. The molecular formula is C21H32N4O6. The van der Waals surface area contributed by atoms with Crippen molar-refractivity contribution in [3.8, 4) is 0 Å². The van der Waals surface area contributed by atoms with Gasteiger partial charge in [0.25, 0.3) is 0 Å². The molecule has 5 atom stereocenters. The number of epoxide rings is 1. The minimum absolute atomic E-state index is 0.111. The molecule has 0 bridgehead atoms. The molecule has 31 heavy (non-hydrogen) atoms. The van der Waals surface area contributed by atoms with Gasteiger partial charge < -0.3 is 25.6 Å². The Bertz CT molecular complexity index is 737. The number of unbranched alkanes of at least 4 members (excludes halogenated alkanes) is 2. The Morgan fingerprint density at radius 2 is 1.61 bits per heavy atom. The van der Waals surface area contributed by atoms with Crippen molar-refractivity contribution in [3.05, 3.63) is 0 Å². The summed E-state index contributed by atoms with van der Waals surface area (Å²) in [5, 5.41) is 8.00. The predicted molar refractivity (Wildman–Crippen MR) is 110 cm³/mol. The van der Waals surface area contributed by atoms with E-state index in [4.69, 9.17) is 4.74 Å². The van der Waals surface area contributed by atoms with E-state index in [2.05, 4.69) is 16.0 Å². The second kappa shape index (κ2) is 10.2. The molecule has 3 saturated heterocycles. The molecular weight excluding hydrogens is 404 g/mol. The van der Waals surface area contributed by atoms with Gasteiger partial charge in [-0.15, -0.1) is 0 Å². The van der Waals surface area contributed by atoms with E-state index in [1.54, 1.807) is 13.8 Å². The maximum Gasteiger partial charge on any atom is 0.245 e. The van der Waals surface area contributed by atoms with Crippen LogP contribution in [0.2, 0.25) is 0 Å². The highest BCUT2D eigenvalue weighted by Gasteiger charge is 2.39. The third kappa shape index (κ3) is 6.03. The first-order chi connectivity index (χ1) is 14.8. The summed E-state index contributed by atoms with van der Waals surface area (Å²) in [6.45, 7) is 4.04. The van der Waals surface area contributed by atoms with Crippen molar-refractivity contribution in [2.24, 2.45) is 0 Å². The van der Waals surface area contributed by atoms with Crippen LogP contribution < -0.4 is 16.0 Å². The summed E-state index contributed by atoms with van der Waals surface area (Å²) in [6.07, 6.45) is 3.92. The van der Waals surface area contributed by atoms with Crippen LogP contribution in [-0.4, -0.2) is 77.7 Å². The van der Waals surface area contributed by atoms with Crippen LogP contribution in [-0.2, 0) is 28.7 Å². The molecule has 0 aromatic carbocycles. The average molecular weight is 437 g/mol. The smallest absolute Gasteiger partial charge is 0.245 e. The van der Waals surface area contributed by atoms with Crippen molar-refractivity contribution < 1.29 is 28.7 Å². The molecule has 1 unspecified atom stereocenters. The lowest BCUT2D eigenvalue weighted by atomic mass is 10.0. The van der Waals surface area contributed by atoms with Gasteiger partial charge in [-0.1, -0.05) is 12.8 Å². The van der Waals surface area contributed by atoms with E-state index in [0.717, 1.165) is 6.42 Å². The van der Waals surface area contributed by atoms with Crippen LogP contribution in [0.3, 0.4) is 0 Å². The first-order valence-corrected chi connectivity index (χ1v) is 11.1. The number of hydrogen-bond donors (Lipinski definition) is 3. The maximum atomic E-state index is 13.2. The Kier molecular flexibility index (Phi) is 7.64. The van der Waals surface area contributed by atoms with E-state index >= 15 is 0 Å². The Morgan fingerprint density at radius 3 is 2.29 bits per heavy atom. The predicted octanol–water partition coefficient (Wildman–Crippen LogP) is -0.596. The summed E-state index contributed by atoms with van der Waals surface area (Å²) in [6, 6.07) is -3.07. The fourth-order valence-electron chi connectivity index (χ4n) is 4.06. The van der Waals surface area contributed by atoms with E-state index < -0.39 is 36.0 Å². The van der Waals surface area contributed by atoms with Gasteiger partial charge in [-0.2, -0.15) is 0 Å². The van der Waals surface area contributed by atoms with E-state index in [1.807, 2.05) is 0 Å².